The Morgan fingerprint density at radius 2 is 1.67 bits per heavy atom. The van der Waals surface area contributed by atoms with E-state index in [1.54, 1.807) is 28.8 Å². The highest BCUT2D eigenvalue weighted by Crippen LogP contribution is 2.39. The van der Waals surface area contributed by atoms with E-state index in [4.69, 9.17) is 19.4 Å². The zero-order valence-electron chi connectivity index (χ0n) is 37.9. The summed E-state index contributed by atoms with van der Waals surface area (Å²) in [6, 6.07) is 12.0. The van der Waals surface area contributed by atoms with Gasteiger partial charge in [0.05, 0.1) is 47.2 Å². The molecule has 1 saturated carbocycles. The quantitative estimate of drug-likeness (QED) is 0.168. The number of hydrogen-bond acceptors (Lipinski definition) is 12. The molecular weight excluding hydrogens is 849 g/mol. The molecule has 348 valence electrons. The van der Waals surface area contributed by atoms with Gasteiger partial charge in [-0.1, -0.05) is 0 Å². The minimum Gasteiger partial charge on any atom is -0.477 e. The van der Waals surface area contributed by atoms with Crippen molar-refractivity contribution in [2.75, 3.05) is 73.5 Å². The fourth-order valence-electron chi connectivity index (χ4n) is 11.1. The van der Waals surface area contributed by atoms with Crippen LogP contribution in [0.1, 0.15) is 66.7 Å². The lowest BCUT2D eigenvalue weighted by Crippen LogP contribution is -2.60. The number of nitrogens with zero attached hydrogens (tertiary/aromatic N) is 8. The number of hydrogen-bond donors (Lipinski definition) is 3. The van der Waals surface area contributed by atoms with Crippen molar-refractivity contribution in [3.63, 3.8) is 0 Å². The van der Waals surface area contributed by atoms with Crippen LogP contribution in [0.25, 0.3) is 22.3 Å². The van der Waals surface area contributed by atoms with E-state index < -0.39 is 23.6 Å². The molecule has 3 N–H and O–H groups in total. The molecule has 7 heterocycles. The first-order valence-corrected chi connectivity index (χ1v) is 23.2. The van der Waals surface area contributed by atoms with Crippen molar-refractivity contribution < 1.29 is 32.6 Å². The third-order valence-electron chi connectivity index (χ3n) is 14.2. The summed E-state index contributed by atoms with van der Waals surface area (Å²) < 4.78 is 47.4. The van der Waals surface area contributed by atoms with Gasteiger partial charge in [-0.05, 0) is 107 Å². The van der Waals surface area contributed by atoms with Gasteiger partial charge < -0.3 is 29.2 Å². The molecule has 0 spiro atoms. The van der Waals surface area contributed by atoms with E-state index in [-0.39, 0.29) is 48.1 Å². The van der Waals surface area contributed by atoms with Gasteiger partial charge in [0.1, 0.15) is 11.7 Å². The second kappa shape index (κ2) is 17.9. The van der Waals surface area contributed by atoms with Crippen LogP contribution in [0.3, 0.4) is 0 Å². The second-order valence-electron chi connectivity index (χ2n) is 18.7. The van der Waals surface area contributed by atoms with Gasteiger partial charge in [-0.15, -0.1) is 0 Å². The number of fused-ring (bicyclic) bond motifs is 9. The number of aryl methyl sites for hydroxylation is 3. The molecule has 4 atom stereocenters. The molecule has 1 aliphatic carbocycles. The van der Waals surface area contributed by atoms with E-state index in [9.17, 15) is 14.4 Å². The number of ether oxygens (including phenoxy) is 2. The summed E-state index contributed by atoms with van der Waals surface area (Å²) in [5.74, 6) is -0.586. The van der Waals surface area contributed by atoms with Crippen molar-refractivity contribution in [3.05, 3.63) is 71.1 Å². The normalized spacial score (nSPS) is 23.2. The lowest BCUT2D eigenvalue weighted by Gasteiger charge is -2.48. The molecule has 66 heavy (non-hydrogen) atoms. The SMILES string of the molecule is COC[C@@H]1CN(c2ccc3nc4n(c3c2)C[C@@H]2CC[C@H](COc3c(c(C)nn3C)-c3cc(cc(C)n3)C(=O)N4)C2)CCN1C1CCN(c2c(F)cc(NC3CCC(=O)NC3=O)cc2F)CC1. The number of imide groups is 1. The van der Waals surface area contributed by atoms with Gasteiger partial charge in [0.15, 0.2) is 11.6 Å². The maximum absolute atomic E-state index is 15.6. The maximum Gasteiger partial charge on any atom is 0.258 e. The smallest absolute Gasteiger partial charge is 0.258 e. The van der Waals surface area contributed by atoms with Crippen molar-refractivity contribution >= 4 is 51.8 Å². The van der Waals surface area contributed by atoms with E-state index in [2.05, 4.69) is 47.5 Å². The average Bonchev–Trinajstić information content (AvgIpc) is 3.97. The molecule has 3 saturated heterocycles. The molecule has 18 heteroatoms. The van der Waals surface area contributed by atoms with Crippen molar-refractivity contribution in [2.24, 2.45) is 18.9 Å². The van der Waals surface area contributed by atoms with E-state index >= 15 is 8.78 Å². The van der Waals surface area contributed by atoms with E-state index in [1.807, 2.05) is 27.0 Å². The summed E-state index contributed by atoms with van der Waals surface area (Å²) in [6.07, 6.45) is 4.95. The first kappa shape index (κ1) is 43.7. The Balaban J connectivity index is 0.852. The van der Waals surface area contributed by atoms with Crippen LogP contribution in [0.2, 0.25) is 0 Å². The number of amides is 3. The predicted molar refractivity (Wildman–Crippen MR) is 246 cm³/mol. The summed E-state index contributed by atoms with van der Waals surface area (Å²) in [7, 11) is 3.60. The van der Waals surface area contributed by atoms with Gasteiger partial charge >= 0.3 is 0 Å². The summed E-state index contributed by atoms with van der Waals surface area (Å²) in [6.45, 7) is 8.91. The first-order chi connectivity index (χ1) is 31.9. The maximum atomic E-state index is 15.6. The van der Waals surface area contributed by atoms with Crippen LogP contribution in [0, 0.1) is 37.3 Å². The second-order valence-corrected chi connectivity index (χ2v) is 18.7. The zero-order valence-corrected chi connectivity index (χ0v) is 37.9. The number of rotatable bonds is 7. The Bertz CT molecular complexity index is 2670. The van der Waals surface area contributed by atoms with E-state index in [0.29, 0.717) is 73.5 Å². The highest BCUT2D eigenvalue weighted by Gasteiger charge is 2.36. The van der Waals surface area contributed by atoms with Crippen molar-refractivity contribution in [2.45, 2.75) is 83.5 Å². The van der Waals surface area contributed by atoms with Crippen LogP contribution < -0.4 is 30.5 Å². The van der Waals surface area contributed by atoms with Crippen molar-refractivity contribution in [1.82, 2.24) is 34.5 Å². The van der Waals surface area contributed by atoms with Gasteiger partial charge in [0, 0.05) is 88.5 Å². The minimum absolute atomic E-state index is 0.0651. The van der Waals surface area contributed by atoms with Gasteiger partial charge in [-0.2, -0.15) is 5.10 Å². The van der Waals surface area contributed by atoms with E-state index in [0.717, 1.165) is 79.7 Å². The number of methoxy groups -OCH3 is 1. The van der Waals surface area contributed by atoms with Crippen LogP contribution in [0.4, 0.5) is 31.8 Å². The molecule has 4 fully saturated rings. The summed E-state index contributed by atoms with van der Waals surface area (Å²) >= 11 is 0. The third kappa shape index (κ3) is 8.56. The average molecular weight is 906 g/mol. The topological polar surface area (TPSA) is 164 Å². The van der Waals surface area contributed by atoms with Gasteiger partial charge in [0.2, 0.25) is 23.6 Å². The Labute approximate surface area is 382 Å². The number of aromatic nitrogens is 5. The number of pyridine rings is 1. The molecule has 4 bridgehead atoms. The van der Waals surface area contributed by atoms with Crippen LogP contribution in [-0.2, 0) is 27.9 Å². The number of nitrogens with one attached hydrogen (secondary N) is 3. The Hall–Kier alpha value is -6.14. The molecule has 5 aromatic rings. The van der Waals surface area contributed by atoms with Crippen LogP contribution in [-0.4, -0.2) is 118 Å². The molecule has 4 aliphatic heterocycles. The number of piperazine rings is 1. The van der Waals surface area contributed by atoms with Crippen LogP contribution >= 0.6 is 0 Å². The largest absolute Gasteiger partial charge is 0.477 e. The van der Waals surface area contributed by atoms with Gasteiger partial charge in [-0.3, -0.25) is 34.9 Å². The number of imidazole rings is 1. The fraction of sp³-hybridized carbons (Fsp3) is 0.500. The fourth-order valence-corrected chi connectivity index (χ4v) is 11.1. The number of piperidine rings is 2. The Morgan fingerprint density at radius 3 is 2.44 bits per heavy atom. The molecule has 2 aromatic carbocycles. The number of halogens is 2. The predicted octanol–water partition coefficient (Wildman–Crippen LogP) is 5.81. The minimum atomic E-state index is -0.740. The standard InChI is InChI=1S/C48H57F2N11O5/c1-27-17-31-19-40(51-27)43-28(2)56-57(3)47(43)66-25-30-6-5-29(18-30)23-61-41-22-34(7-8-38(41)53-48(61)55-45(31)63)59-15-16-60(35(24-59)26-65-4)33-11-13-58(14-12-33)44-36(49)20-32(21-37(44)50)52-39-9-10-42(62)54-46(39)64/h7-8,17,19-22,29-30,33,35,39,52H,5-6,9-16,18,23-26H2,1-4H3,(H,53,55,63)(H,54,62,64)/t29-,30+,35+,39?/m1/s1. The molecule has 3 amide bonds. The van der Waals surface area contributed by atoms with Crippen LogP contribution in [0.15, 0.2) is 42.5 Å². The van der Waals surface area contributed by atoms with Crippen LogP contribution in [0.5, 0.6) is 5.88 Å². The number of benzene rings is 2. The van der Waals surface area contributed by atoms with Crippen molar-refractivity contribution in [3.8, 4) is 17.1 Å². The number of anilines is 4. The Kier molecular flexibility index (Phi) is 11.9. The molecule has 3 aromatic heterocycles. The molecule has 1 unspecified atom stereocenters. The zero-order chi connectivity index (χ0) is 45.8. The molecular formula is C48H57F2N11O5. The van der Waals surface area contributed by atoms with E-state index in [1.165, 1.54) is 12.1 Å². The van der Waals surface area contributed by atoms with Crippen molar-refractivity contribution in [1.29, 1.82) is 0 Å². The lowest BCUT2D eigenvalue weighted by atomic mass is 9.98. The van der Waals surface area contributed by atoms with Gasteiger partial charge in [0.25, 0.3) is 5.91 Å². The van der Waals surface area contributed by atoms with Gasteiger partial charge in [-0.25, -0.2) is 18.4 Å². The Morgan fingerprint density at radius 1 is 0.879 bits per heavy atom. The number of carbonyl (C=O) groups is 3. The highest BCUT2D eigenvalue weighted by atomic mass is 19.1. The monoisotopic (exact) mass is 905 g/mol. The summed E-state index contributed by atoms with van der Waals surface area (Å²) in [5.41, 5.74) is 6.35. The first-order valence-electron chi connectivity index (χ1n) is 23.2. The highest BCUT2D eigenvalue weighted by molar-refractivity contribution is 6.05. The molecule has 0 radical (unpaired) electrons. The number of carbonyl (C=O) groups excluding carboxylic acids is 3. The molecule has 5 aliphatic rings. The summed E-state index contributed by atoms with van der Waals surface area (Å²) in [5, 5.41) is 13.0. The molecule has 10 rings (SSSR count). The molecule has 16 nitrogen and oxygen atoms in total. The summed E-state index contributed by atoms with van der Waals surface area (Å²) in [4.78, 5) is 54.4. The lowest BCUT2D eigenvalue weighted by molar-refractivity contribution is -0.133. The third-order valence-corrected chi connectivity index (χ3v) is 14.2.